The highest BCUT2D eigenvalue weighted by Crippen LogP contribution is 2.39. The molecule has 1 aromatic carbocycles. The molecule has 5 heteroatoms. The molecule has 22 heavy (non-hydrogen) atoms. The maximum atomic E-state index is 11.8. The van der Waals surface area contributed by atoms with Crippen LogP contribution in [-0.4, -0.2) is 24.5 Å². The van der Waals surface area contributed by atoms with E-state index >= 15 is 0 Å². The molecular formula is C17H23ClO4. The quantitative estimate of drug-likeness (QED) is 0.763. The van der Waals surface area contributed by atoms with E-state index in [0.717, 1.165) is 5.56 Å². The smallest absolute Gasteiger partial charge is 0.308 e. The van der Waals surface area contributed by atoms with Gasteiger partial charge < -0.3 is 14.2 Å². The van der Waals surface area contributed by atoms with E-state index in [4.69, 9.17) is 25.8 Å². The minimum absolute atomic E-state index is 0.213. The van der Waals surface area contributed by atoms with E-state index in [-0.39, 0.29) is 18.5 Å². The van der Waals surface area contributed by atoms with Gasteiger partial charge in [0.1, 0.15) is 5.75 Å². The average Bonchev–Trinajstić information content (AvgIpc) is 2.65. The summed E-state index contributed by atoms with van der Waals surface area (Å²) in [4.78, 5) is 11.8. The van der Waals surface area contributed by atoms with E-state index in [9.17, 15) is 4.79 Å². The first-order valence-corrected chi connectivity index (χ1v) is 8.21. The number of ether oxygens (including phenoxy) is 3. The van der Waals surface area contributed by atoms with Gasteiger partial charge in [0.05, 0.1) is 24.2 Å². The Labute approximate surface area is 136 Å². The van der Waals surface area contributed by atoms with Crippen molar-refractivity contribution < 1.29 is 19.0 Å². The number of rotatable bonds is 5. The molecule has 0 bridgehead atoms. The van der Waals surface area contributed by atoms with Crippen molar-refractivity contribution in [3.8, 4) is 5.75 Å². The molecule has 0 amide bonds. The van der Waals surface area contributed by atoms with Crippen molar-refractivity contribution in [1.29, 1.82) is 0 Å². The van der Waals surface area contributed by atoms with Crippen LogP contribution < -0.4 is 4.74 Å². The summed E-state index contributed by atoms with van der Waals surface area (Å²) in [6.45, 7) is 6.18. The van der Waals surface area contributed by atoms with Gasteiger partial charge in [-0.25, -0.2) is 0 Å². The normalized spacial score (nSPS) is 19.7. The van der Waals surface area contributed by atoms with Crippen LogP contribution in [0.5, 0.6) is 5.75 Å². The van der Waals surface area contributed by atoms with Gasteiger partial charge >= 0.3 is 5.97 Å². The number of para-hydroxylation sites is 1. The lowest BCUT2D eigenvalue weighted by atomic mass is 10.0. The summed E-state index contributed by atoms with van der Waals surface area (Å²) < 4.78 is 17.4. The fraction of sp³-hybridized carbons (Fsp3) is 0.588. The van der Waals surface area contributed by atoms with Gasteiger partial charge in [-0.15, -0.1) is 0 Å². The van der Waals surface area contributed by atoms with Crippen molar-refractivity contribution in [2.45, 2.75) is 58.3 Å². The Balaban J connectivity index is 2.32. The Morgan fingerprint density at radius 2 is 2.09 bits per heavy atom. The van der Waals surface area contributed by atoms with Crippen molar-refractivity contribution >= 4 is 17.6 Å². The van der Waals surface area contributed by atoms with Crippen LogP contribution in [0.1, 0.15) is 45.6 Å². The molecule has 0 spiro atoms. The minimum atomic E-state index is -0.757. The number of hydrogen-bond acceptors (Lipinski definition) is 4. The van der Waals surface area contributed by atoms with Gasteiger partial charge in [0, 0.05) is 19.3 Å². The SMILES string of the molecule is CCOC(=O)CC1Cc2cccc(Cl)c2OC(CC)(CC)O1. The summed E-state index contributed by atoms with van der Waals surface area (Å²) in [6.07, 6.45) is 1.86. The number of carbonyl (C=O) groups excluding carboxylic acids is 1. The van der Waals surface area contributed by atoms with Gasteiger partial charge in [-0.2, -0.15) is 0 Å². The molecule has 4 nitrogen and oxygen atoms in total. The number of esters is 1. The number of halogens is 1. The van der Waals surface area contributed by atoms with Crippen LogP contribution in [0.3, 0.4) is 0 Å². The Kier molecular flexibility index (Phi) is 5.70. The zero-order valence-corrected chi connectivity index (χ0v) is 14.1. The van der Waals surface area contributed by atoms with Crippen LogP contribution in [0.15, 0.2) is 18.2 Å². The summed E-state index contributed by atoms with van der Waals surface area (Å²) in [7, 11) is 0. The lowest BCUT2D eigenvalue weighted by molar-refractivity contribution is -0.212. The maximum absolute atomic E-state index is 11.8. The second-order valence-corrected chi connectivity index (χ2v) is 5.81. The van der Waals surface area contributed by atoms with Crippen molar-refractivity contribution in [3.63, 3.8) is 0 Å². The number of carbonyl (C=O) groups is 1. The van der Waals surface area contributed by atoms with E-state index in [1.165, 1.54) is 0 Å². The number of fused-ring (bicyclic) bond motifs is 1. The average molecular weight is 327 g/mol. The molecule has 0 saturated carbocycles. The first kappa shape index (κ1) is 17.1. The third-order valence-corrected chi connectivity index (χ3v) is 4.24. The standard InChI is InChI=1S/C17H23ClO4/c1-4-17(5-2)21-13(11-15(19)20-6-3)10-12-8-7-9-14(18)16(12)22-17/h7-9,13H,4-6,10-11H2,1-3H3. The summed E-state index contributed by atoms with van der Waals surface area (Å²) in [5, 5.41) is 0.573. The molecule has 1 aliphatic rings. The zero-order chi connectivity index (χ0) is 16.2. The molecule has 1 atom stereocenters. The molecule has 0 aliphatic carbocycles. The largest absolute Gasteiger partial charge is 0.466 e. The number of benzene rings is 1. The predicted octanol–water partition coefficient (Wildman–Crippen LogP) is 4.13. The van der Waals surface area contributed by atoms with E-state index < -0.39 is 5.79 Å². The van der Waals surface area contributed by atoms with Crippen LogP contribution in [0.25, 0.3) is 0 Å². The monoisotopic (exact) mass is 326 g/mol. The highest BCUT2D eigenvalue weighted by molar-refractivity contribution is 6.32. The molecule has 122 valence electrons. The van der Waals surface area contributed by atoms with Gasteiger partial charge in [0.25, 0.3) is 0 Å². The Bertz CT molecular complexity index is 525. The van der Waals surface area contributed by atoms with Gasteiger partial charge in [-0.1, -0.05) is 37.6 Å². The van der Waals surface area contributed by atoms with Gasteiger partial charge in [-0.3, -0.25) is 4.79 Å². The lowest BCUT2D eigenvalue weighted by Crippen LogP contribution is -2.41. The van der Waals surface area contributed by atoms with Crippen LogP contribution in [0, 0.1) is 0 Å². The first-order valence-electron chi connectivity index (χ1n) is 7.83. The van der Waals surface area contributed by atoms with E-state index in [1.807, 2.05) is 32.0 Å². The molecule has 1 heterocycles. The van der Waals surface area contributed by atoms with E-state index in [2.05, 4.69) is 0 Å². The predicted molar refractivity (Wildman–Crippen MR) is 85.2 cm³/mol. The fourth-order valence-corrected chi connectivity index (χ4v) is 2.94. The Morgan fingerprint density at radius 1 is 1.36 bits per heavy atom. The molecule has 0 aromatic heterocycles. The van der Waals surface area contributed by atoms with Gasteiger partial charge in [0.15, 0.2) is 0 Å². The molecule has 1 unspecified atom stereocenters. The van der Waals surface area contributed by atoms with Crippen LogP contribution in [0.4, 0.5) is 0 Å². The molecule has 0 radical (unpaired) electrons. The molecule has 1 aliphatic heterocycles. The molecule has 0 fully saturated rings. The summed E-state index contributed by atoms with van der Waals surface area (Å²) in [5.74, 6) is -0.341. The van der Waals surface area contributed by atoms with E-state index in [1.54, 1.807) is 6.92 Å². The highest BCUT2D eigenvalue weighted by Gasteiger charge is 2.38. The third-order valence-electron chi connectivity index (χ3n) is 3.94. The fourth-order valence-electron chi connectivity index (χ4n) is 2.71. The number of hydrogen-bond donors (Lipinski definition) is 0. The summed E-state index contributed by atoms with van der Waals surface area (Å²) >= 11 is 6.29. The molecular weight excluding hydrogens is 304 g/mol. The van der Waals surface area contributed by atoms with Gasteiger partial charge in [-0.05, 0) is 18.6 Å². The van der Waals surface area contributed by atoms with Crippen molar-refractivity contribution in [1.82, 2.24) is 0 Å². The van der Waals surface area contributed by atoms with Crippen LogP contribution in [-0.2, 0) is 20.7 Å². The highest BCUT2D eigenvalue weighted by atomic mass is 35.5. The topological polar surface area (TPSA) is 44.8 Å². The molecule has 2 rings (SSSR count). The summed E-state index contributed by atoms with van der Waals surface area (Å²) in [5.41, 5.74) is 0.963. The van der Waals surface area contributed by atoms with Crippen molar-refractivity contribution in [2.75, 3.05) is 6.61 Å². The minimum Gasteiger partial charge on any atom is -0.466 e. The maximum Gasteiger partial charge on any atom is 0.308 e. The first-order chi connectivity index (χ1) is 10.5. The molecule has 0 saturated heterocycles. The second kappa shape index (κ2) is 7.34. The molecule has 1 aromatic rings. The van der Waals surface area contributed by atoms with Crippen molar-refractivity contribution in [2.24, 2.45) is 0 Å². The van der Waals surface area contributed by atoms with Gasteiger partial charge in [0.2, 0.25) is 5.79 Å². The second-order valence-electron chi connectivity index (χ2n) is 5.40. The Hall–Kier alpha value is -1.26. The Morgan fingerprint density at radius 3 is 2.73 bits per heavy atom. The van der Waals surface area contributed by atoms with E-state index in [0.29, 0.717) is 36.6 Å². The zero-order valence-electron chi connectivity index (χ0n) is 13.4. The molecule has 0 N–H and O–H groups in total. The third kappa shape index (κ3) is 3.73. The van der Waals surface area contributed by atoms with Crippen LogP contribution in [0.2, 0.25) is 5.02 Å². The van der Waals surface area contributed by atoms with Crippen LogP contribution >= 0.6 is 11.6 Å². The lowest BCUT2D eigenvalue weighted by Gasteiger charge is -2.33. The summed E-state index contributed by atoms with van der Waals surface area (Å²) in [6, 6.07) is 5.66. The van der Waals surface area contributed by atoms with Crippen molar-refractivity contribution in [3.05, 3.63) is 28.8 Å².